The smallest absolute Gasteiger partial charge is 0.230 e. The lowest BCUT2D eigenvalue weighted by Crippen LogP contribution is -2.14. The van der Waals surface area contributed by atoms with Crippen molar-refractivity contribution in [2.75, 3.05) is 5.32 Å². The Hall–Kier alpha value is -3.51. The van der Waals surface area contributed by atoms with Crippen LogP contribution in [0.25, 0.3) is 0 Å². The maximum absolute atomic E-state index is 12.1. The Balaban J connectivity index is 1.15. The summed E-state index contributed by atoms with van der Waals surface area (Å²) in [5, 5.41) is 35.3. The van der Waals surface area contributed by atoms with Crippen LogP contribution in [0.3, 0.4) is 0 Å². The normalized spacial score (nSPS) is 10.9. The fourth-order valence-electron chi connectivity index (χ4n) is 3.16. The first-order chi connectivity index (χ1) is 16.5. The molecule has 0 unspecified atom stereocenters. The van der Waals surface area contributed by atoms with Gasteiger partial charge in [-0.05, 0) is 18.4 Å². The minimum atomic E-state index is -0.122. The van der Waals surface area contributed by atoms with Crippen LogP contribution in [0.4, 0.5) is 5.13 Å². The first kappa shape index (κ1) is 23.6. The second-order valence-corrected chi connectivity index (χ2v) is 9.76. The maximum atomic E-state index is 12.1. The molecule has 0 atom stereocenters. The van der Waals surface area contributed by atoms with Gasteiger partial charge < -0.3 is 14.9 Å². The molecule has 0 spiro atoms. The van der Waals surface area contributed by atoms with Gasteiger partial charge in [0.15, 0.2) is 12.0 Å². The minimum Gasteiger partial charge on any atom is -0.503 e. The number of unbranched alkanes of at least 4 members (excludes halogenated alkanes) is 1. The number of Topliss-reactive ketones (excluding diaryl/α,β-unsaturated/α-hetero) is 1. The maximum Gasteiger partial charge on any atom is 0.230 e. The third kappa shape index (κ3) is 6.99. The Kier molecular flexibility index (Phi) is 8.04. The van der Waals surface area contributed by atoms with Crippen LogP contribution in [0.1, 0.15) is 39.1 Å². The molecule has 0 saturated heterocycles. The molecule has 3 heterocycles. The molecule has 2 N–H and O–H groups in total. The molecular formula is C22H22N6O4S2. The summed E-state index contributed by atoms with van der Waals surface area (Å²) in [4.78, 5) is 24.3. The SMILES string of the molecule is O=C(Cc1nnc(CCCCc2nnc(NC(=O)Cc3ccccc3)s2)s1)Cc1nocc1O. The molecule has 3 aromatic heterocycles. The number of hydrogen-bond acceptors (Lipinski definition) is 11. The summed E-state index contributed by atoms with van der Waals surface area (Å²) in [7, 11) is 0. The Bertz CT molecular complexity index is 1240. The van der Waals surface area contributed by atoms with E-state index in [2.05, 4.69) is 35.4 Å². The Morgan fingerprint density at radius 2 is 1.59 bits per heavy atom. The van der Waals surface area contributed by atoms with Gasteiger partial charge in [-0.15, -0.1) is 31.7 Å². The van der Waals surface area contributed by atoms with Crippen molar-refractivity contribution >= 4 is 39.5 Å². The van der Waals surface area contributed by atoms with Gasteiger partial charge in [-0.1, -0.05) is 46.8 Å². The summed E-state index contributed by atoms with van der Waals surface area (Å²) in [6.07, 6.45) is 4.84. The van der Waals surface area contributed by atoms with E-state index in [1.54, 1.807) is 0 Å². The summed E-state index contributed by atoms with van der Waals surface area (Å²) in [5.41, 5.74) is 1.17. The van der Waals surface area contributed by atoms with Crippen molar-refractivity contribution in [1.29, 1.82) is 0 Å². The zero-order valence-corrected chi connectivity index (χ0v) is 19.8. The number of aromatic nitrogens is 5. The van der Waals surface area contributed by atoms with Crippen molar-refractivity contribution in [3.8, 4) is 5.75 Å². The van der Waals surface area contributed by atoms with Crippen LogP contribution in [-0.4, -0.2) is 42.3 Å². The molecule has 1 amide bonds. The summed E-state index contributed by atoms with van der Waals surface area (Å²) in [6, 6.07) is 9.54. The molecule has 4 aromatic rings. The number of aromatic hydroxyl groups is 1. The van der Waals surface area contributed by atoms with Crippen LogP contribution >= 0.6 is 22.7 Å². The zero-order chi connectivity index (χ0) is 23.8. The number of carbonyl (C=O) groups excluding carboxylic acids is 2. The molecule has 0 aliphatic heterocycles. The molecule has 0 fully saturated rings. The van der Waals surface area contributed by atoms with Crippen molar-refractivity contribution < 1.29 is 19.2 Å². The van der Waals surface area contributed by atoms with Gasteiger partial charge in [0.25, 0.3) is 0 Å². The van der Waals surface area contributed by atoms with Crippen molar-refractivity contribution in [2.24, 2.45) is 0 Å². The standard InChI is InChI=1S/C22H22N6O4S2/c29-15(11-16-17(30)13-32-28-16)12-21-26-24-19(33-21)8-4-5-9-20-25-27-22(34-20)23-18(31)10-14-6-2-1-3-7-14/h1-3,6-7,13,30H,4-5,8-12H2,(H,23,27,31). The van der Waals surface area contributed by atoms with E-state index in [1.165, 1.54) is 22.7 Å². The number of rotatable bonds is 12. The number of aryl methyl sites for hydroxylation is 2. The Labute approximate surface area is 203 Å². The third-order valence-electron chi connectivity index (χ3n) is 4.80. The van der Waals surface area contributed by atoms with E-state index < -0.39 is 0 Å². The van der Waals surface area contributed by atoms with E-state index in [4.69, 9.17) is 0 Å². The zero-order valence-electron chi connectivity index (χ0n) is 18.1. The minimum absolute atomic E-state index is 0.00616. The van der Waals surface area contributed by atoms with Crippen LogP contribution in [0.5, 0.6) is 5.75 Å². The Morgan fingerprint density at radius 3 is 2.32 bits per heavy atom. The number of anilines is 1. The second kappa shape index (κ2) is 11.6. The number of amides is 1. The van der Waals surface area contributed by atoms with Gasteiger partial charge >= 0.3 is 0 Å². The lowest BCUT2D eigenvalue weighted by Gasteiger charge is -2.00. The van der Waals surface area contributed by atoms with Gasteiger partial charge in [-0.25, -0.2) is 0 Å². The molecule has 176 valence electrons. The van der Waals surface area contributed by atoms with Crippen molar-refractivity contribution in [2.45, 2.75) is 44.9 Å². The van der Waals surface area contributed by atoms with Crippen LogP contribution in [0.15, 0.2) is 41.1 Å². The average molecular weight is 499 g/mol. The highest BCUT2D eigenvalue weighted by molar-refractivity contribution is 7.15. The van der Waals surface area contributed by atoms with E-state index in [0.29, 0.717) is 16.6 Å². The van der Waals surface area contributed by atoms with E-state index in [0.717, 1.165) is 47.5 Å². The quantitative estimate of drug-likeness (QED) is 0.281. The van der Waals surface area contributed by atoms with Gasteiger partial charge in [0.2, 0.25) is 11.0 Å². The second-order valence-electron chi connectivity index (χ2n) is 7.55. The van der Waals surface area contributed by atoms with Crippen LogP contribution < -0.4 is 5.32 Å². The van der Waals surface area contributed by atoms with E-state index in [9.17, 15) is 14.7 Å². The molecule has 1 aromatic carbocycles. The van der Waals surface area contributed by atoms with Crippen molar-refractivity contribution in [3.05, 3.63) is 62.9 Å². The number of hydrogen-bond donors (Lipinski definition) is 2. The summed E-state index contributed by atoms with van der Waals surface area (Å²) < 4.78 is 4.62. The predicted octanol–water partition coefficient (Wildman–Crippen LogP) is 3.18. The molecular weight excluding hydrogens is 476 g/mol. The molecule has 0 aliphatic carbocycles. The van der Waals surface area contributed by atoms with Gasteiger partial charge in [0, 0.05) is 12.8 Å². The Morgan fingerprint density at radius 1 is 0.882 bits per heavy atom. The molecule has 10 nitrogen and oxygen atoms in total. The monoisotopic (exact) mass is 498 g/mol. The van der Waals surface area contributed by atoms with Gasteiger partial charge in [0.05, 0.1) is 19.3 Å². The van der Waals surface area contributed by atoms with Gasteiger partial charge in [-0.3, -0.25) is 9.59 Å². The van der Waals surface area contributed by atoms with Crippen molar-refractivity contribution in [1.82, 2.24) is 25.6 Å². The molecule has 4 rings (SSSR count). The fourth-order valence-corrected chi connectivity index (χ4v) is 4.87. The number of benzene rings is 1. The lowest BCUT2D eigenvalue weighted by atomic mass is 10.1. The average Bonchev–Trinajstić information content (AvgIpc) is 3.55. The van der Waals surface area contributed by atoms with E-state index in [-0.39, 0.29) is 36.0 Å². The fraction of sp³-hybridized carbons (Fsp3) is 0.318. The van der Waals surface area contributed by atoms with E-state index in [1.807, 2.05) is 30.3 Å². The molecule has 34 heavy (non-hydrogen) atoms. The van der Waals surface area contributed by atoms with Gasteiger partial charge in [0.1, 0.15) is 26.5 Å². The molecule has 0 bridgehead atoms. The number of ketones is 1. The highest BCUT2D eigenvalue weighted by Crippen LogP contribution is 2.20. The van der Waals surface area contributed by atoms with E-state index >= 15 is 0 Å². The largest absolute Gasteiger partial charge is 0.503 e. The topological polar surface area (TPSA) is 144 Å². The predicted molar refractivity (Wildman–Crippen MR) is 126 cm³/mol. The molecule has 0 saturated carbocycles. The first-order valence-electron chi connectivity index (χ1n) is 10.7. The summed E-state index contributed by atoms with van der Waals surface area (Å²) >= 11 is 2.80. The highest BCUT2D eigenvalue weighted by atomic mass is 32.1. The van der Waals surface area contributed by atoms with Crippen LogP contribution in [0.2, 0.25) is 0 Å². The number of carbonyl (C=O) groups is 2. The van der Waals surface area contributed by atoms with Crippen LogP contribution in [-0.2, 0) is 41.7 Å². The number of nitrogens with one attached hydrogen (secondary N) is 1. The number of nitrogens with zero attached hydrogens (tertiary/aromatic N) is 5. The molecule has 0 aliphatic rings. The summed E-state index contributed by atoms with van der Waals surface area (Å²) in [5.74, 6) is -0.351. The lowest BCUT2D eigenvalue weighted by molar-refractivity contribution is -0.118. The van der Waals surface area contributed by atoms with Crippen molar-refractivity contribution in [3.63, 3.8) is 0 Å². The highest BCUT2D eigenvalue weighted by Gasteiger charge is 2.15. The third-order valence-corrected chi connectivity index (χ3v) is 6.68. The first-order valence-corrected chi connectivity index (χ1v) is 12.3. The van der Waals surface area contributed by atoms with Gasteiger partial charge in [-0.2, -0.15) is 0 Å². The molecule has 0 radical (unpaired) electrons. The molecule has 12 heteroatoms. The van der Waals surface area contributed by atoms with Crippen LogP contribution in [0, 0.1) is 0 Å². The summed E-state index contributed by atoms with van der Waals surface area (Å²) in [6.45, 7) is 0.